The quantitative estimate of drug-likeness (QED) is 0.674. The monoisotopic (exact) mass is 303 g/mol. The van der Waals surface area contributed by atoms with E-state index in [1.54, 1.807) is 6.07 Å². The first-order valence-electron chi connectivity index (χ1n) is 5.72. The summed E-state index contributed by atoms with van der Waals surface area (Å²) in [4.78, 5) is 11.8. The number of amides is 1. The fourth-order valence-electron chi connectivity index (χ4n) is 2.24. The van der Waals surface area contributed by atoms with Crippen molar-refractivity contribution < 1.29 is 30.8 Å². The molecule has 1 saturated heterocycles. The average Bonchev–Trinajstić information content (AvgIpc) is 2.70. The van der Waals surface area contributed by atoms with E-state index in [2.05, 4.69) is 22.0 Å². The molecule has 0 radical (unpaired) electrons. The number of hydrogen-bond donors (Lipinski definition) is 1. The molecule has 0 atom stereocenters. The maximum Gasteiger partial charge on any atom is 0.280 e. The van der Waals surface area contributed by atoms with E-state index < -0.39 is 0 Å². The van der Waals surface area contributed by atoms with Gasteiger partial charge in [-0.25, -0.2) is 0 Å². The largest absolute Gasteiger partial charge is 1.00 e. The second-order valence-electron chi connectivity index (χ2n) is 4.72. The third kappa shape index (κ3) is 4.12. The van der Waals surface area contributed by atoms with Gasteiger partial charge in [0.05, 0.1) is 20.1 Å². The Balaban J connectivity index is 0.00000144. The lowest BCUT2D eigenvalue weighted by Crippen LogP contribution is -3.00. The van der Waals surface area contributed by atoms with E-state index in [1.165, 1.54) is 25.5 Å². The van der Waals surface area contributed by atoms with E-state index in [1.807, 2.05) is 0 Å². The first kappa shape index (κ1) is 14.2. The molecule has 1 aliphatic heterocycles. The third-order valence-corrected chi connectivity index (χ3v) is 3.13. The van der Waals surface area contributed by atoms with Crippen LogP contribution in [0, 0.1) is 0 Å². The Bertz CT molecular complexity index is 348. The lowest BCUT2D eigenvalue weighted by molar-refractivity contribution is -0.906. The molecule has 1 aliphatic rings. The van der Waals surface area contributed by atoms with E-state index in [0.29, 0.717) is 12.4 Å². The van der Waals surface area contributed by atoms with Crippen LogP contribution in [0.2, 0.25) is 0 Å². The molecule has 1 N–H and O–H groups in total. The van der Waals surface area contributed by atoms with Crippen molar-refractivity contribution in [2.24, 2.45) is 0 Å². The van der Waals surface area contributed by atoms with Crippen LogP contribution in [0.4, 0.5) is 5.82 Å². The van der Waals surface area contributed by atoms with Crippen molar-refractivity contribution in [3.63, 3.8) is 0 Å². The average molecular weight is 304 g/mol. The number of piperidine rings is 1. The predicted molar refractivity (Wildman–Crippen MR) is 59.8 cm³/mol. The number of rotatable bonds is 3. The molecule has 1 aromatic rings. The Morgan fingerprint density at radius 3 is 2.76 bits per heavy atom. The van der Waals surface area contributed by atoms with Gasteiger partial charge >= 0.3 is 0 Å². The number of carbonyl (C=O) groups is 1. The minimum atomic E-state index is 0. The molecule has 0 spiro atoms. The number of likely N-dealkylation sites (N-methyl/N-ethyl adjacent to an activating group) is 1. The molecule has 17 heavy (non-hydrogen) atoms. The van der Waals surface area contributed by atoms with E-state index in [-0.39, 0.29) is 22.9 Å². The summed E-state index contributed by atoms with van der Waals surface area (Å²) >= 11 is 0. The minimum absolute atomic E-state index is 0. The topological polar surface area (TPSA) is 55.1 Å². The lowest BCUT2D eigenvalue weighted by Gasteiger charge is -2.36. The van der Waals surface area contributed by atoms with Gasteiger partial charge in [-0.05, 0) is 19.3 Å². The summed E-state index contributed by atoms with van der Waals surface area (Å²) in [5.41, 5.74) is 0. The molecule has 6 heteroatoms. The highest BCUT2D eigenvalue weighted by Gasteiger charge is 2.27. The van der Waals surface area contributed by atoms with Crippen molar-refractivity contribution in [3.8, 4) is 0 Å². The molecule has 5 nitrogen and oxygen atoms in total. The Morgan fingerprint density at radius 1 is 1.47 bits per heavy atom. The van der Waals surface area contributed by atoms with Crippen LogP contribution in [0.25, 0.3) is 0 Å². The van der Waals surface area contributed by atoms with Crippen LogP contribution in [0.5, 0.6) is 0 Å². The van der Waals surface area contributed by atoms with Crippen molar-refractivity contribution in [2.45, 2.75) is 19.3 Å². The number of nitrogens with one attached hydrogen (secondary N) is 1. The molecule has 0 bridgehead atoms. The third-order valence-electron chi connectivity index (χ3n) is 3.13. The summed E-state index contributed by atoms with van der Waals surface area (Å²) in [5, 5.41) is 6.39. The molecule has 0 saturated carbocycles. The summed E-state index contributed by atoms with van der Waals surface area (Å²) in [6, 6.07) is 1.65. The van der Waals surface area contributed by atoms with E-state index in [0.717, 1.165) is 17.6 Å². The van der Waals surface area contributed by atoms with Gasteiger partial charge in [-0.1, -0.05) is 5.16 Å². The first-order chi connectivity index (χ1) is 7.68. The summed E-state index contributed by atoms with van der Waals surface area (Å²) in [5.74, 6) is 0.506. The number of halogens is 1. The fourth-order valence-corrected chi connectivity index (χ4v) is 2.24. The highest BCUT2D eigenvalue weighted by Crippen LogP contribution is 2.16. The van der Waals surface area contributed by atoms with Crippen LogP contribution < -0.4 is 22.3 Å². The van der Waals surface area contributed by atoms with Crippen molar-refractivity contribution in [2.75, 3.05) is 32.0 Å². The molecular weight excluding hydrogens is 286 g/mol. The highest BCUT2D eigenvalue weighted by molar-refractivity contribution is 5.90. The number of hydrogen-bond acceptors (Lipinski definition) is 3. The zero-order valence-electron chi connectivity index (χ0n) is 9.99. The second-order valence-corrected chi connectivity index (χ2v) is 4.72. The Kier molecular flexibility index (Phi) is 5.14. The van der Waals surface area contributed by atoms with Crippen LogP contribution in [-0.4, -0.2) is 42.2 Å². The number of anilines is 1. The van der Waals surface area contributed by atoms with Gasteiger partial charge in [0.25, 0.3) is 5.91 Å². The van der Waals surface area contributed by atoms with Crippen LogP contribution in [0.1, 0.15) is 19.3 Å². The summed E-state index contributed by atoms with van der Waals surface area (Å²) < 4.78 is 5.50. The summed E-state index contributed by atoms with van der Waals surface area (Å²) in [7, 11) is 2.14. The van der Waals surface area contributed by atoms with E-state index >= 15 is 0 Å². The van der Waals surface area contributed by atoms with Gasteiger partial charge in [0.2, 0.25) is 0 Å². The molecular formula is C11H18BrN3O2. The maximum atomic E-state index is 11.8. The van der Waals surface area contributed by atoms with Gasteiger partial charge in [0.1, 0.15) is 6.26 Å². The van der Waals surface area contributed by atoms with Crippen molar-refractivity contribution in [1.29, 1.82) is 0 Å². The Morgan fingerprint density at radius 2 is 2.18 bits per heavy atom. The van der Waals surface area contributed by atoms with Crippen LogP contribution in [-0.2, 0) is 4.79 Å². The molecule has 0 aromatic carbocycles. The summed E-state index contributed by atoms with van der Waals surface area (Å²) in [6.07, 6.45) is 5.17. The Labute approximate surface area is 112 Å². The molecule has 2 heterocycles. The molecule has 0 aliphatic carbocycles. The number of aromatic nitrogens is 1. The number of nitrogens with zero attached hydrogens (tertiary/aromatic N) is 2. The normalized spacial score (nSPS) is 18.2. The van der Waals surface area contributed by atoms with Crippen molar-refractivity contribution >= 4 is 11.7 Å². The van der Waals surface area contributed by atoms with Crippen molar-refractivity contribution in [1.82, 2.24) is 5.16 Å². The van der Waals surface area contributed by atoms with E-state index in [9.17, 15) is 4.79 Å². The first-order valence-corrected chi connectivity index (χ1v) is 5.72. The maximum absolute atomic E-state index is 11.8. The second kappa shape index (κ2) is 6.16. The van der Waals surface area contributed by atoms with Crippen LogP contribution >= 0.6 is 0 Å². The van der Waals surface area contributed by atoms with Gasteiger partial charge in [-0.15, -0.1) is 0 Å². The number of carbonyl (C=O) groups excluding carboxylic acids is 1. The number of quaternary nitrogens is 1. The van der Waals surface area contributed by atoms with Crippen LogP contribution in [0.3, 0.4) is 0 Å². The zero-order valence-corrected chi connectivity index (χ0v) is 11.6. The van der Waals surface area contributed by atoms with E-state index in [4.69, 9.17) is 0 Å². The van der Waals surface area contributed by atoms with Gasteiger partial charge < -0.3 is 31.3 Å². The molecule has 0 unspecified atom stereocenters. The zero-order chi connectivity index (χ0) is 11.4. The molecule has 96 valence electrons. The fraction of sp³-hybridized carbons (Fsp3) is 0.636. The van der Waals surface area contributed by atoms with Crippen LogP contribution in [0.15, 0.2) is 16.9 Å². The highest BCUT2D eigenvalue weighted by atomic mass is 79.9. The van der Waals surface area contributed by atoms with Gasteiger partial charge in [-0.3, -0.25) is 4.79 Å². The predicted octanol–water partition coefficient (Wildman–Crippen LogP) is -1.75. The molecule has 1 fully saturated rings. The van der Waals surface area contributed by atoms with Crippen molar-refractivity contribution in [3.05, 3.63) is 12.3 Å². The Hall–Kier alpha value is -0.880. The lowest BCUT2D eigenvalue weighted by atomic mass is 10.1. The SMILES string of the molecule is C[N+]1(CC(=O)Nc2ccon2)CCCCC1.[Br-]. The standard InChI is InChI=1S/C11H17N3O2.BrH/c1-14(6-3-2-4-7-14)9-11(15)12-10-5-8-16-13-10;/h5,8H,2-4,6-7,9H2,1H3;1H. The van der Waals surface area contributed by atoms with Gasteiger partial charge in [-0.2, -0.15) is 0 Å². The number of likely N-dealkylation sites (tertiary alicyclic amines) is 1. The smallest absolute Gasteiger partial charge is 0.280 e. The molecule has 2 rings (SSSR count). The van der Waals surface area contributed by atoms with Gasteiger partial charge in [0, 0.05) is 6.07 Å². The molecule has 1 aromatic heterocycles. The van der Waals surface area contributed by atoms with Gasteiger partial charge in [0.15, 0.2) is 12.4 Å². The summed E-state index contributed by atoms with van der Waals surface area (Å²) in [6.45, 7) is 2.70. The molecule has 1 amide bonds. The minimum Gasteiger partial charge on any atom is -1.00 e.